The molecule has 1 aromatic heterocycles. The standard InChI is InChI=1S/C39H38FN5O5/c1-25(2)43(27-14-8-6-9-15-27)35(46)24-42-32-18-12-13-19-33(32)44(28-16-10-7-11-17-28)37(48)30(36(42)47)23-31-29-21-20-26(40)22-34(29)45(41-31)38(49)50-39(3,4)5/h6-22,25,30H,23-24H2,1-5H3. The molecule has 11 heteroatoms. The van der Waals surface area contributed by atoms with Gasteiger partial charge in [-0.15, -0.1) is 0 Å². The van der Waals surface area contributed by atoms with Gasteiger partial charge in [-0.2, -0.15) is 9.78 Å². The van der Waals surface area contributed by atoms with E-state index in [0.29, 0.717) is 28.1 Å². The van der Waals surface area contributed by atoms with Crippen molar-refractivity contribution in [1.29, 1.82) is 0 Å². The topological polar surface area (TPSA) is 105 Å². The quantitative estimate of drug-likeness (QED) is 0.168. The Balaban J connectivity index is 1.48. The molecule has 50 heavy (non-hydrogen) atoms. The minimum absolute atomic E-state index is 0.133. The van der Waals surface area contributed by atoms with Crippen LogP contribution in [0.25, 0.3) is 10.9 Å². The maximum Gasteiger partial charge on any atom is 0.435 e. The number of nitrogens with zero attached hydrogens (tertiary/aromatic N) is 5. The lowest BCUT2D eigenvalue weighted by atomic mass is 9.97. The Labute approximate surface area is 289 Å². The van der Waals surface area contributed by atoms with Crippen LogP contribution in [0.2, 0.25) is 0 Å². The molecule has 4 aromatic carbocycles. The van der Waals surface area contributed by atoms with Crippen molar-refractivity contribution in [3.8, 4) is 0 Å². The lowest BCUT2D eigenvalue weighted by Gasteiger charge is -2.31. The van der Waals surface area contributed by atoms with Crippen LogP contribution in [0.3, 0.4) is 0 Å². The predicted octanol–water partition coefficient (Wildman–Crippen LogP) is 7.27. The maximum atomic E-state index is 14.8. The largest absolute Gasteiger partial charge is 0.442 e. The number of amides is 3. The summed E-state index contributed by atoms with van der Waals surface area (Å²) in [6.45, 7) is 8.53. The van der Waals surface area contributed by atoms with Crippen LogP contribution in [-0.2, 0) is 25.5 Å². The Kier molecular flexibility index (Phi) is 9.25. The van der Waals surface area contributed by atoms with E-state index in [0.717, 1.165) is 10.7 Å². The van der Waals surface area contributed by atoms with Gasteiger partial charge in [-0.3, -0.25) is 19.3 Å². The summed E-state index contributed by atoms with van der Waals surface area (Å²) in [6.07, 6.45) is -1.08. The highest BCUT2D eigenvalue weighted by molar-refractivity contribution is 6.21. The SMILES string of the molecule is CC(C)N(C(=O)CN1C(=O)C(Cc2nn(C(=O)OC(C)(C)C)c3cc(F)ccc23)C(=O)N(c2ccccc2)c2ccccc21)c1ccccc1. The third-order valence-electron chi connectivity index (χ3n) is 8.31. The molecule has 1 unspecified atom stereocenters. The molecule has 0 saturated carbocycles. The van der Waals surface area contributed by atoms with Gasteiger partial charge in [-0.25, -0.2) is 9.18 Å². The van der Waals surface area contributed by atoms with E-state index >= 15 is 0 Å². The first kappa shape index (κ1) is 34.0. The smallest absolute Gasteiger partial charge is 0.435 e. The number of ether oxygens (including phenoxy) is 1. The van der Waals surface area contributed by atoms with Crippen LogP contribution in [0.15, 0.2) is 103 Å². The first-order chi connectivity index (χ1) is 23.8. The molecule has 1 aliphatic rings. The molecule has 256 valence electrons. The van der Waals surface area contributed by atoms with Crippen molar-refractivity contribution in [2.24, 2.45) is 5.92 Å². The highest BCUT2D eigenvalue weighted by Crippen LogP contribution is 2.40. The van der Waals surface area contributed by atoms with E-state index in [-0.39, 0.29) is 36.1 Å². The molecule has 5 aromatic rings. The van der Waals surface area contributed by atoms with Crippen molar-refractivity contribution in [1.82, 2.24) is 9.78 Å². The number of carbonyl (C=O) groups excluding carboxylic acids is 4. The Bertz CT molecular complexity index is 2070. The number of hydrogen-bond donors (Lipinski definition) is 0. The third-order valence-corrected chi connectivity index (χ3v) is 8.31. The van der Waals surface area contributed by atoms with Crippen LogP contribution < -0.4 is 14.7 Å². The number of hydrogen-bond acceptors (Lipinski definition) is 6. The summed E-state index contributed by atoms with van der Waals surface area (Å²) in [6, 6.07) is 28.7. The molecule has 1 aliphatic heterocycles. The lowest BCUT2D eigenvalue weighted by molar-refractivity contribution is -0.132. The lowest BCUT2D eigenvalue weighted by Crippen LogP contribution is -2.48. The summed E-state index contributed by atoms with van der Waals surface area (Å²) in [5, 5.41) is 4.87. The summed E-state index contributed by atoms with van der Waals surface area (Å²) in [4.78, 5) is 61.4. The molecule has 0 bridgehead atoms. The maximum absolute atomic E-state index is 14.8. The van der Waals surface area contributed by atoms with Gasteiger partial charge in [-0.1, -0.05) is 48.5 Å². The van der Waals surface area contributed by atoms with Gasteiger partial charge in [-0.05, 0) is 83.1 Å². The van der Waals surface area contributed by atoms with E-state index in [1.165, 1.54) is 21.9 Å². The predicted molar refractivity (Wildman–Crippen MR) is 190 cm³/mol. The van der Waals surface area contributed by atoms with E-state index < -0.39 is 35.2 Å². The number of anilines is 4. The molecule has 6 rings (SSSR count). The Morgan fingerprint density at radius 1 is 0.860 bits per heavy atom. The van der Waals surface area contributed by atoms with E-state index in [9.17, 15) is 23.6 Å². The highest BCUT2D eigenvalue weighted by Gasteiger charge is 2.43. The zero-order chi connectivity index (χ0) is 35.7. The van der Waals surface area contributed by atoms with Crippen LogP contribution in [0.1, 0.15) is 40.3 Å². The van der Waals surface area contributed by atoms with Crippen molar-refractivity contribution in [2.45, 2.75) is 52.7 Å². The van der Waals surface area contributed by atoms with Crippen molar-refractivity contribution in [3.05, 3.63) is 115 Å². The second-order valence-electron chi connectivity index (χ2n) is 13.4. The van der Waals surface area contributed by atoms with Crippen molar-refractivity contribution >= 4 is 57.5 Å². The van der Waals surface area contributed by atoms with Crippen molar-refractivity contribution in [3.63, 3.8) is 0 Å². The molecule has 10 nitrogen and oxygen atoms in total. The Morgan fingerprint density at radius 3 is 2.12 bits per heavy atom. The molecular weight excluding hydrogens is 637 g/mol. The number of carbonyl (C=O) groups is 4. The fraction of sp³-hybridized carbons (Fsp3) is 0.256. The zero-order valence-corrected chi connectivity index (χ0v) is 28.5. The van der Waals surface area contributed by atoms with Gasteiger partial charge in [0.25, 0.3) is 0 Å². The van der Waals surface area contributed by atoms with Crippen LogP contribution in [0.4, 0.5) is 31.9 Å². The highest BCUT2D eigenvalue weighted by atomic mass is 19.1. The second-order valence-corrected chi connectivity index (χ2v) is 13.4. The third kappa shape index (κ3) is 6.71. The fourth-order valence-electron chi connectivity index (χ4n) is 6.22. The number of rotatable bonds is 7. The zero-order valence-electron chi connectivity index (χ0n) is 28.5. The number of benzene rings is 4. The summed E-state index contributed by atoms with van der Waals surface area (Å²) in [7, 11) is 0. The first-order valence-electron chi connectivity index (χ1n) is 16.4. The average Bonchev–Trinajstić information content (AvgIpc) is 3.40. The average molecular weight is 676 g/mol. The van der Waals surface area contributed by atoms with Crippen molar-refractivity contribution < 1.29 is 28.3 Å². The number of para-hydroxylation sites is 4. The van der Waals surface area contributed by atoms with Crippen molar-refractivity contribution in [2.75, 3.05) is 21.2 Å². The summed E-state index contributed by atoms with van der Waals surface area (Å²) in [5.74, 6) is -3.49. The number of fused-ring (bicyclic) bond motifs is 2. The Hall–Kier alpha value is -5.84. The van der Waals surface area contributed by atoms with Crippen LogP contribution in [0.5, 0.6) is 0 Å². The normalized spacial score (nSPS) is 14.9. The van der Waals surface area contributed by atoms with E-state index in [1.54, 1.807) is 74.2 Å². The molecule has 0 saturated heterocycles. The molecule has 3 amide bonds. The number of aromatic nitrogens is 2. The monoisotopic (exact) mass is 675 g/mol. The van der Waals surface area contributed by atoms with Gasteiger partial charge in [0.2, 0.25) is 17.7 Å². The van der Waals surface area contributed by atoms with Gasteiger partial charge in [0.15, 0.2) is 0 Å². The fourth-order valence-corrected chi connectivity index (χ4v) is 6.22. The molecule has 0 aliphatic carbocycles. The van der Waals surface area contributed by atoms with Gasteiger partial charge < -0.3 is 14.5 Å². The Morgan fingerprint density at radius 2 is 1.48 bits per heavy atom. The summed E-state index contributed by atoms with van der Waals surface area (Å²) in [5.41, 5.74) is 1.49. The molecule has 0 N–H and O–H groups in total. The summed E-state index contributed by atoms with van der Waals surface area (Å²) >= 11 is 0. The van der Waals surface area contributed by atoms with Crippen LogP contribution in [0, 0.1) is 11.7 Å². The minimum atomic E-state index is -1.38. The van der Waals surface area contributed by atoms with Gasteiger partial charge in [0.05, 0.1) is 22.6 Å². The summed E-state index contributed by atoms with van der Waals surface area (Å²) < 4.78 is 21.0. The molecule has 0 spiro atoms. The van der Waals surface area contributed by atoms with E-state index in [2.05, 4.69) is 5.10 Å². The molecule has 0 fully saturated rings. The van der Waals surface area contributed by atoms with E-state index in [1.807, 2.05) is 50.2 Å². The van der Waals surface area contributed by atoms with Gasteiger partial charge in [0.1, 0.15) is 23.9 Å². The molecular formula is C39H38FN5O5. The van der Waals surface area contributed by atoms with Gasteiger partial charge >= 0.3 is 6.09 Å². The number of halogens is 1. The second kappa shape index (κ2) is 13.6. The first-order valence-corrected chi connectivity index (χ1v) is 16.4. The molecule has 2 heterocycles. The van der Waals surface area contributed by atoms with Crippen LogP contribution in [-0.4, -0.2) is 51.8 Å². The minimum Gasteiger partial charge on any atom is -0.442 e. The van der Waals surface area contributed by atoms with Gasteiger partial charge in [0, 0.05) is 35.3 Å². The molecule has 0 radical (unpaired) electrons. The van der Waals surface area contributed by atoms with E-state index in [4.69, 9.17) is 4.74 Å². The molecule has 1 atom stereocenters. The van der Waals surface area contributed by atoms with Crippen LogP contribution >= 0.6 is 0 Å².